The lowest BCUT2D eigenvalue weighted by Crippen LogP contribution is -2.50. The predicted molar refractivity (Wildman–Crippen MR) is 62.4 cm³/mol. The molecular weight excluding hydrogens is 188 g/mol. The summed E-state index contributed by atoms with van der Waals surface area (Å²) in [5.74, 6) is 0.800. The Morgan fingerprint density at radius 1 is 1.67 bits per heavy atom. The third-order valence-corrected chi connectivity index (χ3v) is 3.16. The van der Waals surface area contributed by atoms with E-state index in [0.717, 1.165) is 25.3 Å². The molecular formula is C12H22N2O. The van der Waals surface area contributed by atoms with Crippen LogP contribution in [-0.4, -0.2) is 29.4 Å². The Kier molecular flexibility index (Phi) is 4.33. The zero-order chi connectivity index (χ0) is 11.4. The number of rotatable bonds is 3. The van der Waals surface area contributed by atoms with Crippen molar-refractivity contribution in [1.29, 1.82) is 0 Å². The lowest BCUT2D eigenvalue weighted by molar-refractivity contribution is -0.136. The first-order valence-corrected chi connectivity index (χ1v) is 5.73. The lowest BCUT2D eigenvalue weighted by Gasteiger charge is -2.37. The largest absolute Gasteiger partial charge is 0.339 e. The average Bonchev–Trinajstić information content (AvgIpc) is 2.17. The van der Waals surface area contributed by atoms with Crippen molar-refractivity contribution in [3.05, 3.63) is 12.7 Å². The van der Waals surface area contributed by atoms with Crippen molar-refractivity contribution in [3.8, 4) is 0 Å². The molecule has 1 fully saturated rings. The summed E-state index contributed by atoms with van der Waals surface area (Å²) < 4.78 is 0. The molecule has 0 saturated carbocycles. The summed E-state index contributed by atoms with van der Waals surface area (Å²) in [5.41, 5.74) is 5.79. The van der Waals surface area contributed by atoms with E-state index in [1.54, 1.807) is 6.08 Å². The average molecular weight is 210 g/mol. The molecule has 0 bridgehead atoms. The van der Waals surface area contributed by atoms with Crippen LogP contribution < -0.4 is 5.73 Å². The molecule has 3 atom stereocenters. The topological polar surface area (TPSA) is 46.3 Å². The number of nitrogens with two attached hydrogens (primary N) is 1. The summed E-state index contributed by atoms with van der Waals surface area (Å²) in [6.07, 6.45) is 4.46. The predicted octanol–water partition coefficient (Wildman–Crippen LogP) is 1.54. The minimum atomic E-state index is -0.404. The molecule has 0 aromatic carbocycles. The van der Waals surface area contributed by atoms with Crippen LogP contribution in [0.1, 0.15) is 33.1 Å². The maximum atomic E-state index is 12.0. The maximum absolute atomic E-state index is 12.0. The van der Waals surface area contributed by atoms with Crippen LogP contribution in [-0.2, 0) is 4.79 Å². The second-order valence-electron chi connectivity index (χ2n) is 4.64. The third kappa shape index (κ3) is 3.06. The fraction of sp³-hybridized carbons (Fsp3) is 0.750. The quantitative estimate of drug-likeness (QED) is 0.718. The van der Waals surface area contributed by atoms with Crippen LogP contribution in [0.4, 0.5) is 0 Å². The SMILES string of the molecule is C=CCC(N)C(=O)N1CCC(C)CC1C. The summed E-state index contributed by atoms with van der Waals surface area (Å²) in [7, 11) is 0. The zero-order valence-electron chi connectivity index (χ0n) is 9.78. The summed E-state index contributed by atoms with van der Waals surface area (Å²) in [6.45, 7) is 8.81. The number of amides is 1. The van der Waals surface area contributed by atoms with Crippen LogP contribution in [0.5, 0.6) is 0 Å². The first kappa shape index (κ1) is 12.2. The van der Waals surface area contributed by atoms with Gasteiger partial charge in [0.2, 0.25) is 5.91 Å². The lowest BCUT2D eigenvalue weighted by atomic mass is 9.93. The van der Waals surface area contributed by atoms with E-state index in [0.29, 0.717) is 12.5 Å². The zero-order valence-corrected chi connectivity index (χ0v) is 9.78. The first-order valence-electron chi connectivity index (χ1n) is 5.73. The number of hydrogen-bond donors (Lipinski definition) is 1. The summed E-state index contributed by atoms with van der Waals surface area (Å²) >= 11 is 0. The van der Waals surface area contributed by atoms with E-state index in [1.165, 1.54) is 0 Å². The van der Waals surface area contributed by atoms with Crippen molar-refractivity contribution in [3.63, 3.8) is 0 Å². The van der Waals surface area contributed by atoms with Crippen LogP contribution in [0.3, 0.4) is 0 Å². The van der Waals surface area contributed by atoms with Crippen molar-refractivity contribution >= 4 is 5.91 Å². The maximum Gasteiger partial charge on any atom is 0.240 e. The van der Waals surface area contributed by atoms with Gasteiger partial charge in [0, 0.05) is 12.6 Å². The van der Waals surface area contributed by atoms with E-state index in [-0.39, 0.29) is 5.91 Å². The summed E-state index contributed by atoms with van der Waals surface area (Å²) in [6, 6.07) is -0.0736. The van der Waals surface area contributed by atoms with Crippen LogP contribution >= 0.6 is 0 Å². The van der Waals surface area contributed by atoms with Crippen LogP contribution in [0.2, 0.25) is 0 Å². The minimum Gasteiger partial charge on any atom is -0.339 e. The van der Waals surface area contributed by atoms with E-state index in [2.05, 4.69) is 20.4 Å². The van der Waals surface area contributed by atoms with Crippen LogP contribution in [0, 0.1) is 5.92 Å². The van der Waals surface area contributed by atoms with E-state index in [4.69, 9.17) is 5.73 Å². The number of piperidine rings is 1. The highest BCUT2D eigenvalue weighted by atomic mass is 16.2. The molecule has 15 heavy (non-hydrogen) atoms. The Labute approximate surface area is 92.3 Å². The van der Waals surface area contributed by atoms with Crippen LogP contribution in [0.15, 0.2) is 12.7 Å². The Morgan fingerprint density at radius 2 is 2.33 bits per heavy atom. The molecule has 1 amide bonds. The molecule has 1 aliphatic rings. The van der Waals surface area contributed by atoms with Gasteiger partial charge in [0.15, 0.2) is 0 Å². The Morgan fingerprint density at radius 3 is 2.87 bits per heavy atom. The third-order valence-electron chi connectivity index (χ3n) is 3.16. The standard InChI is InChI=1S/C12H22N2O/c1-4-5-11(13)12(15)14-7-6-9(2)8-10(14)3/h4,9-11H,1,5-8,13H2,2-3H3. The molecule has 0 spiro atoms. The molecule has 3 nitrogen and oxygen atoms in total. The smallest absolute Gasteiger partial charge is 0.240 e. The molecule has 3 unspecified atom stereocenters. The molecule has 2 N–H and O–H groups in total. The van der Waals surface area contributed by atoms with Gasteiger partial charge in [-0.25, -0.2) is 0 Å². The highest BCUT2D eigenvalue weighted by molar-refractivity contribution is 5.82. The van der Waals surface area contributed by atoms with Gasteiger partial charge in [0.1, 0.15) is 0 Å². The van der Waals surface area contributed by atoms with Gasteiger partial charge in [-0.3, -0.25) is 4.79 Å². The minimum absolute atomic E-state index is 0.0781. The number of nitrogens with zero attached hydrogens (tertiary/aromatic N) is 1. The molecule has 1 rings (SSSR count). The van der Waals surface area contributed by atoms with E-state index in [1.807, 2.05) is 4.90 Å². The van der Waals surface area contributed by atoms with Crippen LogP contribution in [0.25, 0.3) is 0 Å². The van der Waals surface area contributed by atoms with Gasteiger partial charge in [0.05, 0.1) is 6.04 Å². The van der Waals surface area contributed by atoms with Gasteiger partial charge < -0.3 is 10.6 Å². The fourth-order valence-electron chi connectivity index (χ4n) is 2.23. The number of likely N-dealkylation sites (tertiary alicyclic amines) is 1. The van der Waals surface area contributed by atoms with Crippen molar-refractivity contribution in [1.82, 2.24) is 4.90 Å². The highest BCUT2D eigenvalue weighted by Crippen LogP contribution is 2.22. The van der Waals surface area contributed by atoms with Gasteiger partial charge in [-0.15, -0.1) is 6.58 Å². The first-order chi connectivity index (χ1) is 7.06. The molecule has 0 aromatic heterocycles. The molecule has 3 heteroatoms. The molecule has 1 heterocycles. The van der Waals surface area contributed by atoms with Gasteiger partial charge >= 0.3 is 0 Å². The number of hydrogen-bond acceptors (Lipinski definition) is 2. The molecule has 1 saturated heterocycles. The molecule has 1 aliphatic heterocycles. The van der Waals surface area contributed by atoms with E-state index in [9.17, 15) is 4.79 Å². The Bertz CT molecular complexity index is 240. The Hall–Kier alpha value is -0.830. The normalized spacial score (nSPS) is 28.6. The van der Waals surface area contributed by atoms with Gasteiger partial charge in [0.25, 0.3) is 0 Å². The van der Waals surface area contributed by atoms with Crippen molar-refractivity contribution in [2.24, 2.45) is 11.7 Å². The second kappa shape index (κ2) is 5.31. The second-order valence-corrected chi connectivity index (χ2v) is 4.64. The van der Waals surface area contributed by atoms with E-state index >= 15 is 0 Å². The number of carbonyl (C=O) groups excluding carboxylic acids is 1. The number of carbonyl (C=O) groups is 1. The molecule has 0 aromatic rings. The van der Waals surface area contributed by atoms with Crippen molar-refractivity contribution in [2.75, 3.05) is 6.54 Å². The summed E-state index contributed by atoms with van der Waals surface area (Å²) in [4.78, 5) is 13.9. The Balaban J connectivity index is 2.55. The fourth-order valence-corrected chi connectivity index (χ4v) is 2.23. The van der Waals surface area contributed by atoms with Gasteiger partial charge in [-0.05, 0) is 32.1 Å². The monoisotopic (exact) mass is 210 g/mol. The van der Waals surface area contributed by atoms with Crippen molar-refractivity contribution < 1.29 is 4.79 Å². The molecule has 86 valence electrons. The summed E-state index contributed by atoms with van der Waals surface area (Å²) in [5, 5.41) is 0. The highest BCUT2D eigenvalue weighted by Gasteiger charge is 2.29. The van der Waals surface area contributed by atoms with Crippen molar-refractivity contribution in [2.45, 2.75) is 45.2 Å². The van der Waals surface area contributed by atoms with Gasteiger partial charge in [-0.1, -0.05) is 13.0 Å². The molecule has 0 aliphatic carbocycles. The van der Waals surface area contributed by atoms with E-state index < -0.39 is 6.04 Å². The van der Waals surface area contributed by atoms with Gasteiger partial charge in [-0.2, -0.15) is 0 Å². The molecule has 0 radical (unpaired) electrons.